The molecule has 1 heterocycles. The Bertz CT molecular complexity index is 193. The third-order valence-corrected chi connectivity index (χ3v) is 2.92. The number of nitrogens with zero attached hydrogens (tertiary/aromatic N) is 1. The van der Waals surface area contributed by atoms with Gasteiger partial charge in [-0.3, -0.25) is 0 Å². The van der Waals surface area contributed by atoms with Gasteiger partial charge in [-0.05, 0) is 32.9 Å². The topological polar surface area (TPSA) is 29.5 Å². The quantitative estimate of drug-likeness (QED) is 0.624. The molecule has 0 saturated carbocycles. The summed E-state index contributed by atoms with van der Waals surface area (Å²) < 4.78 is 5.31. The Hall–Kier alpha value is -0.380. The molecule has 1 aliphatic rings. The second-order valence-electron chi connectivity index (χ2n) is 4.43. The van der Waals surface area contributed by atoms with Crippen molar-refractivity contribution in [1.29, 1.82) is 0 Å². The van der Waals surface area contributed by atoms with Crippen molar-refractivity contribution >= 4 is 17.9 Å². The molecule has 0 aromatic heterocycles. The maximum atomic E-state index is 11.7. The molecule has 1 saturated heterocycles. The summed E-state index contributed by atoms with van der Waals surface area (Å²) in [5.41, 5.74) is -0.378. The van der Waals surface area contributed by atoms with Gasteiger partial charge < -0.3 is 9.64 Å². The smallest absolute Gasteiger partial charge is 0.410 e. The van der Waals surface area contributed by atoms with Crippen LogP contribution >= 0.6 is 11.8 Å². The molecule has 0 aromatic carbocycles. The number of rotatable bonds is 0. The van der Waals surface area contributed by atoms with Crippen molar-refractivity contribution in [2.45, 2.75) is 32.8 Å². The molecule has 0 aromatic rings. The fourth-order valence-corrected chi connectivity index (χ4v) is 2.14. The molecule has 1 rings (SSSR count). The molecule has 0 atom stereocenters. The lowest BCUT2D eigenvalue weighted by Gasteiger charge is -2.26. The first-order chi connectivity index (χ1) is 6.49. The monoisotopic (exact) mass is 217 g/mol. The highest BCUT2D eigenvalue weighted by molar-refractivity contribution is 7.99. The average molecular weight is 217 g/mol. The Labute approximate surface area is 90.2 Å². The summed E-state index contributed by atoms with van der Waals surface area (Å²) >= 11 is 1.91. The lowest BCUT2D eigenvalue weighted by atomic mass is 10.2. The first-order valence-electron chi connectivity index (χ1n) is 5.05. The summed E-state index contributed by atoms with van der Waals surface area (Å²) in [7, 11) is 0. The number of carbonyl (C=O) groups is 1. The zero-order chi connectivity index (χ0) is 10.6. The van der Waals surface area contributed by atoms with Gasteiger partial charge in [-0.2, -0.15) is 11.8 Å². The third kappa shape index (κ3) is 4.22. The number of ether oxygens (including phenoxy) is 1. The molecule has 4 heteroatoms. The minimum atomic E-state index is -0.378. The fourth-order valence-electron chi connectivity index (χ4n) is 1.26. The molecule has 0 spiro atoms. The van der Waals surface area contributed by atoms with Crippen molar-refractivity contribution in [2.75, 3.05) is 24.6 Å². The number of hydrogen-bond donors (Lipinski definition) is 0. The van der Waals surface area contributed by atoms with Crippen LogP contribution in [0.4, 0.5) is 4.79 Å². The van der Waals surface area contributed by atoms with Crippen LogP contribution in [0.1, 0.15) is 27.2 Å². The Balaban J connectivity index is 2.42. The first kappa shape index (κ1) is 11.7. The number of carbonyl (C=O) groups excluding carboxylic acids is 1. The van der Waals surface area contributed by atoms with Crippen LogP contribution in [0, 0.1) is 0 Å². The molecule has 1 aliphatic heterocycles. The van der Waals surface area contributed by atoms with E-state index in [4.69, 9.17) is 4.74 Å². The van der Waals surface area contributed by atoms with E-state index >= 15 is 0 Å². The van der Waals surface area contributed by atoms with E-state index in [1.165, 1.54) is 0 Å². The summed E-state index contributed by atoms with van der Waals surface area (Å²) in [4.78, 5) is 13.5. The van der Waals surface area contributed by atoms with Crippen LogP contribution < -0.4 is 0 Å². The van der Waals surface area contributed by atoms with Crippen molar-refractivity contribution in [3.63, 3.8) is 0 Å². The van der Waals surface area contributed by atoms with Crippen molar-refractivity contribution in [2.24, 2.45) is 0 Å². The molecule has 1 amide bonds. The molecule has 0 aliphatic carbocycles. The lowest BCUT2D eigenvalue weighted by Crippen LogP contribution is -2.38. The van der Waals surface area contributed by atoms with E-state index in [1.807, 2.05) is 37.4 Å². The third-order valence-electron chi connectivity index (χ3n) is 1.87. The Morgan fingerprint density at radius 2 is 2.00 bits per heavy atom. The molecule has 3 nitrogen and oxygen atoms in total. The molecular formula is C10H19NO2S. The van der Waals surface area contributed by atoms with Crippen molar-refractivity contribution in [3.8, 4) is 0 Å². The molecule has 0 N–H and O–H groups in total. The van der Waals surface area contributed by atoms with E-state index in [0.29, 0.717) is 0 Å². The summed E-state index contributed by atoms with van der Waals surface area (Å²) in [5, 5.41) is 0. The zero-order valence-electron chi connectivity index (χ0n) is 9.21. The van der Waals surface area contributed by atoms with E-state index in [0.717, 1.165) is 31.0 Å². The predicted molar refractivity (Wildman–Crippen MR) is 59.7 cm³/mol. The van der Waals surface area contributed by atoms with Crippen molar-refractivity contribution in [3.05, 3.63) is 0 Å². The zero-order valence-corrected chi connectivity index (χ0v) is 10.0. The molecule has 0 radical (unpaired) electrons. The molecular weight excluding hydrogens is 198 g/mol. The van der Waals surface area contributed by atoms with Crippen LogP contribution in [0.3, 0.4) is 0 Å². The summed E-state index contributed by atoms with van der Waals surface area (Å²) in [6.07, 6.45) is 0.907. The van der Waals surface area contributed by atoms with E-state index in [9.17, 15) is 4.79 Å². The molecule has 14 heavy (non-hydrogen) atoms. The fraction of sp³-hybridized carbons (Fsp3) is 0.900. The highest BCUT2D eigenvalue weighted by atomic mass is 32.2. The second kappa shape index (κ2) is 4.91. The van der Waals surface area contributed by atoms with Gasteiger partial charge in [0.15, 0.2) is 0 Å². The van der Waals surface area contributed by atoms with Gasteiger partial charge >= 0.3 is 6.09 Å². The second-order valence-corrected chi connectivity index (χ2v) is 5.66. The average Bonchev–Trinajstić information content (AvgIpc) is 2.27. The van der Waals surface area contributed by atoms with Gasteiger partial charge in [0.2, 0.25) is 0 Å². The van der Waals surface area contributed by atoms with Crippen LogP contribution in [-0.4, -0.2) is 41.2 Å². The number of amides is 1. The van der Waals surface area contributed by atoms with Gasteiger partial charge in [-0.15, -0.1) is 0 Å². The summed E-state index contributed by atoms with van der Waals surface area (Å²) in [5.74, 6) is 2.18. The van der Waals surface area contributed by atoms with Crippen LogP contribution in [0.25, 0.3) is 0 Å². The van der Waals surface area contributed by atoms with Crippen LogP contribution in [0.2, 0.25) is 0 Å². The van der Waals surface area contributed by atoms with Crippen molar-refractivity contribution in [1.82, 2.24) is 4.90 Å². The van der Waals surface area contributed by atoms with Gasteiger partial charge in [-0.25, -0.2) is 4.79 Å². The molecule has 0 bridgehead atoms. The highest BCUT2D eigenvalue weighted by Crippen LogP contribution is 2.14. The Kier molecular flexibility index (Phi) is 4.11. The normalized spacial score (nSPS) is 18.9. The van der Waals surface area contributed by atoms with E-state index in [2.05, 4.69) is 0 Å². The van der Waals surface area contributed by atoms with Crippen molar-refractivity contribution < 1.29 is 9.53 Å². The standard InChI is InChI=1S/C10H19NO2S/c1-10(2,3)13-9(12)11-5-4-7-14-8-6-11/h4-8H2,1-3H3. The molecule has 1 fully saturated rings. The summed E-state index contributed by atoms with van der Waals surface area (Å²) in [6.45, 7) is 7.36. The van der Waals surface area contributed by atoms with E-state index in [1.54, 1.807) is 0 Å². The maximum Gasteiger partial charge on any atom is 0.410 e. The molecule has 82 valence electrons. The van der Waals surface area contributed by atoms with Gasteiger partial charge in [0.25, 0.3) is 0 Å². The van der Waals surface area contributed by atoms with Crippen LogP contribution in [0.5, 0.6) is 0 Å². The van der Waals surface area contributed by atoms with Gasteiger partial charge in [-0.1, -0.05) is 0 Å². The first-order valence-corrected chi connectivity index (χ1v) is 6.20. The number of hydrogen-bond acceptors (Lipinski definition) is 3. The predicted octanol–water partition coefficient (Wildman–Crippen LogP) is 2.36. The SMILES string of the molecule is CC(C)(C)OC(=O)N1CCCSCC1. The van der Waals surface area contributed by atoms with Crippen LogP contribution in [-0.2, 0) is 4.74 Å². The number of thioether (sulfide) groups is 1. The minimum Gasteiger partial charge on any atom is -0.444 e. The van der Waals surface area contributed by atoms with Crippen LogP contribution in [0.15, 0.2) is 0 Å². The lowest BCUT2D eigenvalue weighted by molar-refractivity contribution is 0.0265. The highest BCUT2D eigenvalue weighted by Gasteiger charge is 2.22. The minimum absolute atomic E-state index is 0.167. The molecule has 0 unspecified atom stereocenters. The van der Waals surface area contributed by atoms with E-state index < -0.39 is 0 Å². The maximum absolute atomic E-state index is 11.7. The largest absolute Gasteiger partial charge is 0.444 e. The Morgan fingerprint density at radius 3 is 2.64 bits per heavy atom. The van der Waals surface area contributed by atoms with E-state index in [-0.39, 0.29) is 11.7 Å². The Morgan fingerprint density at radius 1 is 1.29 bits per heavy atom. The summed E-state index contributed by atoms with van der Waals surface area (Å²) in [6, 6.07) is 0. The van der Waals surface area contributed by atoms with Gasteiger partial charge in [0.05, 0.1) is 0 Å². The van der Waals surface area contributed by atoms with Gasteiger partial charge in [0.1, 0.15) is 5.60 Å². The van der Waals surface area contributed by atoms with Gasteiger partial charge in [0, 0.05) is 18.8 Å².